The second kappa shape index (κ2) is 6.42. The van der Waals surface area contributed by atoms with E-state index in [9.17, 15) is 0 Å². The number of nitrogens with one attached hydrogen (secondary N) is 1. The zero-order valence-corrected chi connectivity index (χ0v) is 14.0. The zero-order chi connectivity index (χ0) is 15.5. The van der Waals surface area contributed by atoms with E-state index in [0.29, 0.717) is 17.8 Å². The van der Waals surface area contributed by atoms with Crippen molar-refractivity contribution in [3.8, 4) is 0 Å². The van der Waals surface area contributed by atoms with Crippen molar-refractivity contribution in [3.05, 3.63) is 11.4 Å². The molecule has 4 heteroatoms. The molecule has 20 heavy (non-hydrogen) atoms. The van der Waals surface area contributed by atoms with E-state index in [1.54, 1.807) is 0 Å². The SMILES string of the molecule is CCC(CC)C(C)Nc1nc(C(C)(C)C)nc(N)c1C. The van der Waals surface area contributed by atoms with Crippen LogP contribution in [0.15, 0.2) is 0 Å². The summed E-state index contributed by atoms with van der Waals surface area (Å²) < 4.78 is 0. The molecule has 0 spiro atoms. The Morgan fingerprint density at radius 3 is 2.15 bits per heavy atom. The maximum absolute atomic E-state index is 6.04. The molecule has 0 aliphatic rings. The average molecular weight is 278 g/mol. The smallest absolute Gasteiger partial charge is 0.138 e. The van der Waals surface area contributed by atoms with Crippen molar-refractivity contribution in [2.24, 2.45) is 5.92 Å². The van der Waals surface area contributed by atoms with E-state index in [1.807, 2.05) is 6.92 Å². The van der Waals surface area contributed by atoms with Crippen LogP contribution in [0.2, 0.25) is 0 Å². The molecule has 0 saturated heterocycles. The number of nitrogens with zero attached hydrogens (tertiary/aromatic N) is 2. The predicted octanol–water partition coefficient (Wildman–Crippen LogP) is 3.90. The largest absolute Gasteiger partial charge is 0.383 e. The first-order chi connectivity index (χ1) is 9.20. The minimum absolute atomic E-state index is 0.101. The third-order valence-electron chi connectivity index (χ3n) is 3.97. The van der Waals surface area contributed by atoms with E-state index < -0.39 is 0 Å². The number of rotatable bonds is 5. The number of nitrogens with two attached hydrogens (primary N) is 1. The van der Waals surface area contributed by atoms with Gasteiger partial charge in [-0.1, -0.05) is 47.5 Å². The summed E-state index contributed by atoms with van der Waals surface area (Å²) >= 11 is 0. The lowest BCUT2D eigenvalue weighted by atomic mass is 9.94. The molecule has 114 valence electrons. The van der Waals surface area contributed by atoms with Gasteiger partial charge in [0.2, 0.25) is 0 Å². The second-order valence-corrected chi connectivity index (χ2v) is 6.67. The van der Waals surface area contributed by atoms with Crippen LogP contribution >= 0.6 is 0 Å². The predicted molar refractivity (Wildman–Crippen MR) is 87.0 cm³/mol. The van der Waals surface area contributed by atoms with Gasteiger partial charge < -0.3 is 11.1 Å². The fraction of sp³-hybridized carbons (Fsp3) is 0.750. The maximum Gasteiger partial charge on any atom is 0.138 e. The van der Waals surface area contributed by atoms with Gasteiger partial charge in [0.05, 0.1) is 0 Å². The van der Waals surface area contributed by atoms with Gasteiger partial charge in [0.1, 0.15) is 17.5 Å². The lowest BCUT2D eigenvalue weighted by molar-refractivity contribution is 0.436. The Kier molecular flexibility index (Phi) is 5.37. The zero-order valence-electron chi connectivity index (χ0n) is 14.0. The van der Waals surface area contributed by atoms with Gasteiger partial charge in [-0.2, -0.15) is 0 Å². The van der Waals surface area contributed by atoms with Crippen LogP contribution in [0.5, 0.6) is 0 Å². The first-order valence-corrected chi connectivity index (χ1v) is 7.61. The Bertz CT molecular complexity index is 445. The van der Waals surface area contributed by atoms with E-state index in [0.717, 1.165) is 30.0 Å². The van der Waals surface area contributed by atoms with Gasteiger partial charge in [0.25, 0.3) is 0 Å². The van der Waals surface area contributed by atoms with E-state index in [1.165, 1.54) is 0 Å². The Balaban J connectivity index is 3.08. The van der Waals surface area contributed by atoms with Crippen molar-refractivity contribution < 1.29 is 0 Å². The van der Waals surface area contributed by atoms with Crippen LogP contribution in [0.25, 0.3) is 0 Å². The molecule has 1 aromatic rings. The van der Waals surface area contributed by atoms with Crippen molar-refractivity contribution in [1.82, 2.24) is 9.97 Å². The number of anilines is 2. The summed E-state index contributed by atoms with van der Waals surface area (Å²) in [6, 6.07) is 0.380. The standard InChI is InChI=1S/C16H30N4/c1-8-12(9-2)11(4)18-14-10(3)13(17)19-15(20-14)16(5,6)7/h11-12H,8-9H2,1-7H3,(H3,17,18,19,20). The number of aromatic nitrogens is 2. The van der Waals surface area contributed by atoms with Crippen LogP contribution < -0.4 is 11.1 Å². The van der Waals surface area contributed by atoms with Gasteiger partial charge in [0, 0.05) is 17.0 Å². The molecule has 1 rings (SSSR count). The molecule has 0 bridgehead atoms. The summed E-state index contributed by atoms with van der Waals surface area (Å²) in [5, 5.41) is 3.53. The molecule has 0 amide bonds. The van der Waals surface area contributed by atoms with Crippen LogP contribution in [0.1, 0.15) is 65.8 Å². The van der Waals surface area contributed by atoms with E-state index in [2.05, 4.69) is 51.8 Å². The van der Waals surface area contributed by atoms with E-state index in [-0.39, 0.29) is 5.41 Å². The first kappa shape index (κ1) is 16.7. The van der Waals surface area contributed by atoms with Crippen molar-refractivity contribution in [1.29, 1.82) is 0 Å². The van der Waals surface area contributed by atoms with Gasteiger partial charge >= 0.3 is 0 Å². The van der Waals surface area contributed by atoms with Gasteiger partial charge in [-0.15, -0.1) is 0 Å². The summed E-state index contributed by atoms with van der Waals surface area (Å²) in [5.74, 6) is 2.88. The molecule has 1 heterocycles. The Morgan fingerprint density at radius 2 is 1.70 bits per heavy atom. The molecule has 1 unspecified atom stereocenters. The minimum Gasteiger partial charge on any atom is -0.383 e. The lowest BCUT2D eigenvalue weighted by Crippen LogP contribution is -2.27. The molecular formula is C16H30N4. The maximum atomic E-state index is 6.04. The van der Waals surface area contributed by atoms with Crippen molar-refractivity contribution in [2.45, 2.75) is 72.8 Å². The molecule has 0 aliphatic carbocycles. The quantitative estimate of drug-likeness (QED) is 0.857. The number of hydrogen-bond acceptors (Lipinski definition) is 4. The van der Waals surface area contributed by atoms with Crippen LogP contribution in [-0.4, -0.2) is 16.0 Å². The molecule has 3 N–H and O–H groups in total. The molecular weight excluding hydrogens is 248 g/mol. The molecule has 0 aromatic carbocycles. The van der Waals surface area contributed by atoms with Gasteiger partial charge in [-0.25, -0.2) is 9.97 Å². The molecule has 0 saturated carbocycles. The molecule has 0 fully saturated rings. The fourth-order valence-corrected chi connectivity index (χ4v) is 2.34. The molecule has 1 aromatic heterocycles. The molecule has 1 atom stereocenters. The monoisotopic (exact) mass is 278 g/mol. The molecule has 4 nitrogen and oxygen atoms in total. The average Bonchev–Trinajstić information content (AvgIpc) is 2.34. The summed E-state index contributed by atoms with van der Waals surface area (Å²) in [6.07, 6.45) is 2.33. The van der Waals surface area contributed by atoms with Crippen molar-refractivity contribution >= 4 is 11.6 Å². The van der Waals surface area contributed by atoms with Crippen LogP contribution in [0.3, 0.4) is 0 Å². The summed E-state index contributed by atoms with van der Waals surface area (Å²) in [4.78, 5) is 9.12. The summed E-state index contributed by atoms with van der Waals surface area (Å²) in [7, 11) is 0. The Hall–Kier alpha value is -1.32. The Morgan fingerprint density at radius 1 is 1.15 bits per heavy atom. The van der Waals surface area contributed by atoms with Crippen molar-refractivity contribution in [2.75, 3.05) is 11.1 Å². The summed E-state index contributed by atoms with van der Waals surface area (Å²) in [6.45, 7) is 15.0. The van der Waals surface area contributed by atoms with Crippen LogP contribution in [0, 0.1) is 12.8 Å². The lowest BCUT2D eigenvalue weighted by Gasteiger charge is -2.25. The summed E-state index contributed by atoms with van der Waals surface area (Å²) in [5.41, 5.74) is 6.88. The molecule has 0 radical (unpaired) electrons. The van der Waals surface area contributed by atoms with Crippen LogP contribution in [-0.2, 0) is 5.41 Å². The highest BCUT2D eigenvalue weighted by atomic mass is 15.1. The third kappa shape index (κ3) is 3.84. The first-order valence-electron chi connectivity index (χ1n) is 7.61. The highest BCUT2D eigenvalue weighted by Crippen LogP contribution is 2.26. The highest BCUT2D eigenvalue weighted by Gasteiger charge is 2.22. The fourth-order valence-electron chi connectivity index (χ4n) is 2.34. The highest BCUT2D eigenvalue weighted by molar-refractivity contribution is 5.55. The molecule has 0 aliphatic heterocycles. The topological polar surface area (TPSA) is 63.8 Å². The number of hydrogen-bond donors (Lipinski definition) is 2. The Labute approximate surface area is 123 Å². The van der Waals surface area contributed by atoms with Gasteiger partial charge in [0.15, 0.2) is 0 Å². The van der Waals surface area contributed by atoms with E-state index >= 15 is 0 Å². The van der Waals surface area contributed by atoms with Crippen molar-refractivity contribution in [3.63, 3.8) is 0 Å². The second-order valence-electron chi connectivity index (χ2n) is 6.67. The van der Waals surface area contributed by atoms with E-state index in [4.69, 9.17) is 10.7 Å². The van der Waals surface area contributed by atoms with Gasteiger partial charge in [-0.3, -0.25) is 0 Å². The van der Waals surface area contributed by atoms with Crippen LogP contribution in [0.4, 0.5) is 11.6 Å². The number of nitrogen functional groups attached to an aromatic ring is 1. The normalized spacial score (nSPS) is 13.6. The minimum atomic E-state index is -0.101. The van der Waals surface area contributed by atoms with Gasteiger partial charge in [-0.05, 0) is 19.8 Å². The third-order valence-corrected chi connectivity index (χ3v) is 3.97.